The van der Waals surface area contributed by atoms with Crippen molar-refractivity contribution >= 4 is 33.3 Å². The van der Waals surface area contributed by atoms with Crippen LogP contribution < -0.4 is 20.3 Å². The van der Waals surface area contributed by atoms with Crippen molar-refractivity contribution in [2.24, 2.45) is 0 Å². The Bertz CT molecular complexity index is 1300. The van der Waals surface area contributed by atoms with Gasteiger partial charge in [0.15, 0.2) is 5.82 Å². The minimum absolute atomic E-state index is 0.157. The van der Waals surface area contributed by atoms with Crippen LogP contribution in [-0.4, -0.2) is 45.4 Å². The van der Waals surface area contributed by atoms with Crippen LogP contribution in [-0.2, 0) is 11.2 Å². The standard InChI is InChI=1S/C25H25N7O2S/c1-17-6-2-3-9-21(17)34-20-8-4-7-18(14-20)15-23(33)28-25-31-30-24(35-25)27-19-11-13-32(16-19)22-10-5-12-26-29-22/h2-10,12,14,19H,11,13,15-16H2,1H3,(H,27,30)(H,28,31,33)/t19-/m1/s1. The predicted molar refractivity (Wildman–Crippen MR) is 136 cm³/mol. The van der Waals surface area contributed by atoms with Crippen LogP contribution in [0.4, 0.5) is 16.1 Å². The molecule has 5 rings (SSSR count). The van der Waals surface area contributed by atoms with E-state index in [1.165, 1.54) is 11.3 Å². The van der Waals surface area contributed by atoms with Crippen LogP contribution in [0, 0.1) is 6.92 Å². The Kier molecular flexibility index (Phi) is 6.80. The molecule has 1 aliphatic heterocycles. The second-order valence-electron chi connectivity index (χ2n) is 8.31. The zero-order valence-corrected chi connectivity index (χ0v) is 20.0. The van der Waals surface area contributed by atoms with E-state index in [-0.39, 0.29) is 18.4 Å². The van der Waals surface area contributed by atoms with Gasteiger partial charge in [0, 0.05) is 25.3 Å². The fourth-order valence-electron chi connectivity index (χ4n) is 3.92. The Morgan fingerprint density at radius 2 is 1.97 bits per heavy atom. The smallest absolute Gasteiger partial charge is 0.230 e. The van der Waals surface area contributed by atoms with Gasteiger partial charge in [-0.25, -0.2) is 0 Å². The van der Waals surface area contributed by atoms with Crippen LogP contribution in [0.1, 0.15) is 17.5 Å². The van der Waals surface area contributed by atoms with Gasteiger partial charge in [-0.15, -0.1) is 15.3 Å². The van der Waals surface area contributed by atoms with Gasteiger partial charge < -0.3 is 20.3 Å². The number of amides is 1. The fourth-order valence-corrected chi connectivity index (χ4v) is 4.66. The molecule has 1 amide bonds. The first-order valence-corrected chi connectivity index (χ1v) is 12.2. The molecule has 1 fully saturated rings. The maximum atomic E-state index is 12.6. The molecule has 0 radical (unpaired) electrons. The predicted octanol–water partition coefficient (Wildman–Crippen LogP) is 4.30. The summed E-state index contributed by atoms with van der Waals surface area (Å²) < 4.78 is 5.98. The molecule has 3 heterocycles. The number of nitrogens with one attached hydrogen (secondary N) is 2. The van der Waals surface area contributed by atoms with Crippen molar-refractivity contribution in [1.29, 1.82) is 0 Å². The van der Waals surface area contributed by atoms with Gasteiger partial charge in [0.2, 0.25) is 16.2 Å². The van der Waals surface area contributed by atoms with E-state index in [1.807, 2.05) is 67.6 Å². The van der Waals surface area contributed by atoms with E-state index >= 15 is 0 Å². The Balaban J connectivity index is 1.13. The van der Waals surface area contributed by atoms with Crippen molar-refractivity contribution in [3.63, 3.8) is 0 Å². The minimum Gasteiger partial charge on any atom is -0.457 e. The second kappa shape index (κ2) is 10.5. The lowest BCUT2D eigenvalue weighted by molar-refractivity contribution is -0.115. The Morgan fingerprint density at radius 3 is 2.83 bits per heavy atom. The van der Waals surface area contributed by atoms with Gasteiger partial charge in [-0.05, 0) is 54.8 Å². The van der Waals surface area contributed by atoms with Gasteiger partial charge in [0.1, 0.15) is 11.5 Å². The van der Waals surface area contributed by atoms with E-state index in [1.54, 1.807) is 6.20 Å². The molecule has 0 bridgehead atoms. The van der Waals surface area contributed by atoms with Crippen molar-refractivity contribution < 1.29 is 9.53 Å². The normalized spacial score (nSPS) is 15.1. The molecule has 178 valence electrons. The maximum Gasteiger partial charge on any atom is 0.230 e. The summed E-state index contributed by atoms with van der Waals surface area (Å²) in [6.07, 6.45) is 2.84. The highest BCUT2D eigenvalue weighted by Gasteiger charge is 2.24. The molecule has 0 aliphatic carbocycles. The second-order valence-corrected chi connectivity index (χ2v) is 9.29. The Hall–Kier alpha value is -4.05. The summed E-state index contributed by atoms with van der Waals surface area (Å²) in [5.74, 6) is 2.20. The first-order valence-electron chi connectivity index (χ1n) is 11.4. The molecule has 1 aliphatic rings. The third-order valence-electron chi connectivity index (χ3n) is 5.65. The van der Waals surface area contributed by atoms with Crippen molar-refractivity contribution in [3.8, 4) is 11.5 Å². The topological polar surface area (TPSA) is 105 Å². The summed E-state index contributed by atoms with van der Waals surface area (Å²) in [5, 5.41) is 23.8. The summed E-state index contributed by atoms with van der Waals surface area (Å²) in [6, 6.07) is 19.4. The number of benzene rings is 2. The van der Waals surface area contributed by atoms with Gasteiger partial charge in [-0.1, -0.05) is 41.7 Å². The molecule has 4 aromatic rings. The lowest BCUT2D eigenvalue weighted by Crippen LogP contribution is -2.26. The van der Waals surface area contributed by atoms with E-state index in [4.69, 9.17) is 4.74 Å². The summed E-state index contributed by atoms with van der Waals surface area (Å²) in [7, 11) is 0. The number of hydrogen-bond acceptors (Lipinski definition) is 9. The van der Waals surface area contributed by atoms with Gasteiger partial charge in [-0.2, -0.15) is 5.10 Å². The Morgan fingerprint density at radius 1 is 1.09 bits per heavy atom. The largest absolute Gasteiger partial charge is 0.457 e. The average molecular weight is 488 g/mol. The monoisotopic (exact) mass is 487 g/mol. The fraction of sp³-hybridized carbons (Fsp3) is 0.240. The molecule has 0 spiro atoms. The lowest BCUT2D eigenvalue weighted by Gasteiger charge is -2.16. The van der Waals surface area contributed by atoms with Crippen molar-refractivity contribution in [2.45, 2.75) is 25.8 Å². The van der Waals surface area contributed by atoms with Gasteiger partial charge in [0.25, 0.3) is 0 Å². The van der Waals surface area contributed by atoms with E-state index in [2.05, 4.69) is 35.9 Å². The molecule has 10 heteroatoms. The number of ether oxygens (including phenoxy) is 1. The van der Waals surface area contributed by atoms with Crippen molar-refractivity contribution in [3.05, 3.63) is 78.0 Å². The number of aryl methyl sites for hydroxylation is 1. The molecule has 0 saturated carbocycles. The van der Waals surface area contributed by atoms with Crippen LogP contribution in [0.5, 0.6) is 11.5 Å². The van der Waals surface area contributed by atoms with Crippen molar-refractivity contribution in [2.75, 3.05) is 28.6 Å². The highest BCUT2D eigenvalue weighted by Crippen LogP contribution is 2.27. The van der Waals surface area contributed by atoms with Crippen LogP contribution in [0.15, 0.2) is 66.9 Å². The number of rotatable bonds is 8. The zero-order chi connectivity index (χ0) is 24.0. The SMILES string of the molecule is Cc1ccccc1Oc1cccc(CC(=O)Nc2nnc(N[C@@H]3CCN(c4cccnn4)C3)s2)c1. The van der Waals surface area contributed by atoms with Crippen molar-refractivity contribution in [1.82, 2.24) is 20.4 Å². The molecule has 35 heavy (non-hydrogen) atoms. The number of hydrogen-bond donors (Lipinski definition) is 2. The average Bonchev–Trinajstić information content (AvgIpc) is 3.51. The lowest BCUT2D eigenvalue weighted by atomic mass is 10.1. The van der Waals surface area contributed by atoms with Crippen LogP contribution in [0.3, 0.4) is 0 Å². The molecule has 1 atom stereocenters. The molecule has 1 saturated heterocycles. The van der Waals surface area contributed by atoms with Gasteiger partial charge >= 0.3 is 0 Å². The number of anilines is 3. The number of aromatic nitrogens is 4. The maximum absolute atomic E-state index is 12.6. The first-order chi connectivity index (χ1) is 17.1. The molecule has 2 N–H and O–H groups in total. The van der Waals surface area contributed by atoms with Crippen LogP contribution in [0.2, 0.25) is 0 Å². The summed E-state index contributed by atoms with van der Waals surface area (Å²) in [5.41, 5.74) is 1.90. The third-order valence-corrected chi connectivity index (χ3v) is 6.42. The zero-order valence-electron chi connectivity index (χ0n) is 19.2. The molecule has 2 aromatic heterocycles. The van der Waals surface area contributed by atoms with Crippen LogP contribution >= 0.6 is 11.3 Å². The van der Waals surface area contributed by atoms with E-state index in [9.17, 15) is 4.79 Å². The number of nitrogens with zero attached hydrogens (tertiary/aromatic N) is 5. The van der Waals surface area contributed by atoms with Gasteiger partial charge in [-0.3, -0.25) is 4.79 Å². The number of para-hydroxylation sites is 1. The van der Waals surface area contributed by atoms with Crippen LogP contribution in [0.25, 0.3) is 0 Å². The van der Waals surface area contributed by atoms with E-state index in [0.717, 1.165) is 42.2 Å². The molecule has 2 aromatic carbocycles. The van der Waals surface area contributed by atoms with E-state index in [0.29, 0.717) is 16.0 Å². The molecular formula is C25H25N7O2S. The minimum atomic E-state index is -0.157. The summed E-state index contributed by atoms with van der Waals surface area (Å²) in [4.78, 5) is 14.8. The Labute approximate surface area is 207 Å². The number of carbonyl (C=O) groups excluding carboxylic acids is 1. The molecule has 0 unspecified atom stereocenters. The number of carbonyl (C=O) groups is 1. The quantitative estimate of drug-likeness (QED) is 0.379. The highest BCUT2D eigenvalue weighted by atomic mass is 32.1. The summed E-state index contributed by atoms with van der Waals surface area (Å²) in [6.45, 7) is 3.70. The summed E-state index contributed by atoms with van der Waals surface area (Å²) >= 11 is 1.33. The third kappa shape index (κ3) is 5.90. The van der Waals surface area contributed by atoms with E-state index < -0.39 is 0 Å². The molecular weight excluding hydrogens is 462 g/mol. The first kappa shape index (κ1) is 22.7. The van der Waals surface area contributed by atoms with Gasteiger partial charge in [0.05, 0.1) is 6.42 Å². The molecule has 9 nitrogen and oxygen atoms in total. The highest BCUT2D eigenvalue weighted by molar-refractivity contribution is 7.19.